The zero-order chi connectivity index (χ0) is 29.4. The maximum Gasteiger partial charge on any atom is 0.229 e. The number of para-hydroxylation sites is 1. The van der Waals surface area contributed by atoms with Crippen molar-refractivity contribution < 1.29 is 19.1 Å². The van der Waals surface area contributed by atoms with Gasteiger partial charge < -0.3 is 15.0 Å². The van der Waals surface area contributed by atoms with Crippen molar-refractivity contribution in [3.8, 4) is 22.5 Å². The zero-order valence-corrected chi connectivity index (χ0v) is 24.6. The largest absolute Gasteiger partial charge is 0.380 e. The van der Waals surface area contributed by atoms with E-state index in [0.29, 0.717) is 57.2 Å². The highest BCUT2D eigenvalue weighted by molar-refractivity contribution is 6.00. The number of fused-ring (bicyclic) bond motifs is 5. The van der Waals surface area contributed by atoms with E-state index in [9.17, 15) is 14.4 Å². The van der Waals surface area contributed by atoms with E-state index in [4.69, 9.17) is 4.74 Å². The molecule has 2 aromatic carbocycles. The fourth-order valence-corrected chi connectivity index (χ4v) is 5.01. The van der Waals surface area contributed by atoms with E-state index < -0.39 is 0 Å². The fraction of sp³-hybridized carbons (Fsp3) is 0.469. The molecule has 4 rings (SSSR count). The molecule has 2 heterocycles. The summed E-state index contributed by atoms with van der Waals surface area (Å²) < 4.78 is 7.73. The van der Waals surface area contributed by atoms with Crippen molar-refractivity contribution in [1.82, 2.24) is 20.3 Å². The molecule has 218 valence electrons. The molecule has 0 saturated carbocycles. The highest BCUT2D eigenvalue weighted by atomic mass is 16.5. The first kappa shape index (κ1) is 30.1. The first-order chi connectivity index (χ1) is 19.8. The van der Waals surface area contributed by atoms with Gasteiger partial charge in [-0.2, -0.15) is 0 Å². The second-order valence-electron chi connectivity index (χ2n) is 11.2. The molecule has 1 aromatic heterocycles. The number of aromatic nitrogens is 3. The van der Waals surface area contributed by atoms with Crippen LogP contribution in [0.25, 0.3) is 22.5 Å². The average Bonchev–Trinajstić information content (AvgIpc) is 3.35. The van der Waals surface area contributed by atoms with Gasteiger partial charge in [0.05, 0.1) is 31.1 Å². The average molecular weight is 560 g/mol. The molecule has 1 aliphatic heterocycles. The number of Topliss-reactive ketones (excluding diaryl/α,β-unsaturated/α-hetero) is 1. The van der Waals surface area contributed by atoms with Crippen LogP contribution in [-0.4, -0.2) is 52.3 Å². The Labute approximate surface area is 242 Å². The van der Waals surface area contributed by atoms with Gasteiger partial charge in [0.15, 0.2) is 0 Å². The summed E-state index contributed by atoms with van der Waals surface area (Å²) in [6.45, 7) is 9.92. The molecule has 1 N–H and O–H groups in total. The van der Waals surface area contributed by atoms with E-state index in [0.717, 1.165) is 28.1 Å². The van der Waals surface area contributed by atoms with Crippen LogP contribution in [0.15, 0.2) is 48.5 Å². The minimum absolute atomic E-state index is 0.0685. The number of ketones is 1. The van der Waals surface area contributed by atoms with E-state index in [1.807, 2.05) is 67.1 Å². The maximum atomic E-state index is 13.5. The molecule has 0 saturated heterocycles. The Bertz CT molecular complexity index is 1360. The highest BCUT2D eigenvalue weighted by Crippen LogP contribution is 2.41. The lowest BCUT2D eigenvalue weighted by atomic mass is 9.95. The van der Waals surface area contributed by atoms with Crippen LogP contribution in [0.5, 0.6) is 0 Å². The third kappa shape index (κ3) is 7.67. The van der Waals surface area contributed by atoms with Crippen molar-refractivity contribution in [2.24, 2.45) is 11.8 Å². The first-order valence-corrected chi connectivity index (χ1v) is 14.5. The molecule has 0 fully saturated rings. The molecule has 9 heteroatoms. The second kappa shape index (κ2) is 14.2. The van der Waals surface area contributed by atoms with Crippen molar-refractivity contribution in [3.05, 3.63) is 54.1 Å². The fourth-order valence-electron chi connectivity index (χ4n) is 5.01. The molecule has 41 heavy (non-hydrogen) atoms. The Balaban J connectivity index is 1.53. The molecule has 1 aliphatic rings. The summed E-state index contributed by atoms with van der Waals surface area (Å²) in [7, 11) is 0. The molecule has 0 atom stereocenters. The van der Waals surface area contributed by atoms with Gasteiger partial charge in [-0.25, -0.2) is 4.68 Å². The lowest BCUT2D eigenvalue weighted by molar-refractivity contribution is -0.124. The number of hydrogen-bond acceptors (Lipinski definition) is 6. The van der Waals surface area contributed by atoms with Crippen LogP contribution in [0.2, 0.25) is 0 Å². The molecule has 0 aliphatic carbocycles. The SMILES string of the molecule is CC(C)CC(=O)CCCOCCn1nnc2c1-c1ccccc1CN(C(=O)CCNC(=O)C(C)C)c1ccccc1-2. The molecule has 2 amide bonds. The number of anilines is 1. The third-order valence-corrected chi connectivity index (χ3v) is 7.08. The normalized spacial score (nSPS) is 12.4. The Kier molecular flexibility index (Phi) is 10.4. The molecular weight excluding hydrogens is 518 g/mol. The number of rotatable bonds is 13. The quantitative estimate of drug-likeness (QED) is 0.294. The topological polar surface area (TPSA) is 106 Å². The lowest BCUT2D eigenvalue weighted by Crippen LogP contribution is -2.36. The van der Waals surface area contributed by atoms with Crippen LogP contribution in [-0.2, 0) is 32.2 Å². The molecule has 0 unspecified atom stereocenters. The number of ether oxygens (including phenoxy) is 1. The molecule has 9 nitrogen and oxygen atoms in total. The van der Waals surface area contributed by atoms with Crippen LogP contribution < -0.4 is 10.2 Å². The summed E-state index contributed by atoms with van der Waals surface area (Å²) in [6, 6.07) is 15.7. The number of nitrogens with zero attached hydrogens (tertiary/aromatic N) is 4. The van der Waals surface area contributed by atoms with Crippen LogP contribution >= 0.6 is 0 Å². The van der Waals surface area contributed by atoms with Gasteiger partial charge in [0.2, 0.25) is 11.8 Å². The minimum atomic E-state index is -0.134. The van der Waals surface area contributed by atoms with Gasteiger partial charge >= 0.3 is 0 Å². The van der Waals surface area contributed by atoms with Crippen LogP contribution in [0.4, 0.5) is 5.69 Å². The van der Waals surface area contributed by atoms with E-state index in [1.165, 1.54) is 0 Å². The molecular formula is C32H41N5O4. The van der Waals surface area contributed by atoms with Crippen LogP contribution in [0, 0.1) is 11.8 Å². The summed E-state index contributed by atoms with van der Waals surface area (Å²) in [4.78, 5) is 39.3. The summed E-state index contributed by atoms with van der Waals surface area (Å²) in [6.07, 6.45) is 2.06. The predicted molar refractivity (Wildman–Crippen MR) is 159 cm³/mol. The number of carbonyl (C=O) groups excluding carboxylic acids is 3. The number of benzene rings is 2. The molecule has 0 radical (unpaired) electrons. The monoisotopic (exact) mass is 559 g/mol. The smallest absolute Gasteiger partial charge is 0.229 e. The lowest BCUT2D eigenvalue weighted by Gasteiger charge is -2.28. The highest BCUT2D eigenvalue weighted by Gasteiger charge is 2.29. The summed E-state index contributed by atoms with van der Waals surface area (Å²) >= 11 is 0. The molecule has 3 aromatic rings. The Hall–Kier alpha value is -3.85. The number of amides is 2. The van der Waals surface area contributed by atoms with Gasteiger partial charge in [-0.3, -0.25) is 14.4 Å². The van der Waals surface area contributed by atoms with Gasteiger partial charge in [0, 0.05) is 49.5 Å². The second-order valence-corrected chi connectivity index (χ2v) is 11.2. The standard InChI is InChI=1S/C32H41N5O4/c1-22(2)20-25(38)11-9-18-41-19-17-37-31-26-12-6-5-10-24(26)21-36(29(39)15-16-33-32(40)23(3)4)28-14-8-7-13-27(28)30(31)34-35-37/h5-8,10,12-14,22-23H,9,11,15-21H2,1-4H3,(H,33,40). The Morgan fingerprint density at radius 3 is 2.44 bits per heavy atom. The predicted octanol–water partition coefficient (Wildman–Crippen LogP) is 5.03. The summed E-state index contributed by atoms with van der Waals surface area (Å²) in [5.74, 6) is 0.383. The van der Waals surface area contributed by atoms with Gasteiger partial charge in [-0.05, 0) is 24.0 Å². The number of hydrogen-bond donors (Lipinski definition) is 1. The van der Waals surface area contributed by atoms with Crippen molar-refractivity contribution in [3.63, 3.8) is 0 Å². The first-order valence-electron chi connectivity index (χ1n) is 14.5. The Morgan fingerprint density at radius 2 is 1.68 bits per heavy atom. The summed E-state index contributed by atoms with van der Waals surface area (Å²) in [5, 5.41) is 11.9. The van der Waals surface area contributed by atoms with Crippen molar-refractivity contribution in [1.29, 1.82) is 0 Å². The number of carbonyl (C=O) groups is 3. The third-order valence-electron chi connectivity index (χ3n) is 7.08. The van der Waals surface area contributed by atoms with E-state index in [-0.39, 0.29) is 36.5 Å². The van der Waals surface area contributed by atoms with Crippen molar-refractivity contribution in [2.75, 3.05) is 24.7 Å². The summed E-state index contributed by atoms with van der Waals surface area (Å²) in [5.41, 5.74) is 5.13. The van der Waals surface area contributed by atoms with Gasteiger partial charge in [0.1, 0.15) is 11.5 Å². The van der Waals surface area contributed by atoms with Gasteiger partial charge in [0.25, 0.3) is 0 Å². The Morgan fingerprint density at radius 1 is 0.951 bits per heavy atom. The zero-order valence-electron chi connectivity index (χ0n) is 24.6. The van der Waals surface area contributed by atoms with Crippen molar-refractivity contribution >= 4 is 23.3 Å². The van der Waals surface area contributed by atoms with Crippen LogP contribution in [0.1, 0.15) is 58.9 Å². The van der Waals surface area contributed by atoms with E-state index >= 15 is 0 Å². The van der Waals surface area contributed by atoms with Crippen LogP contribution in [0.3, 0.4) is 0 Å². The van der Waals surface area contributed by atoms with Gasteiger partial charge in [-0.15, -0.1) is 5.10 Å². The van der Waals surface area contributed by atoms with E-state index in [2.05, 4.69) is 29.5 Å². The number of nitrogens with one attached hydrogen (secondary N) is 1. The van der Waals surface area contributed by atoms with Gasteiger partial charge in [-0.1, -0.05) is 75.4 Å². The molecule has 0 bridgehead atoms. The van der Waals surface area contributed by atoms with E-state index in [1.54, 1.807) is 4.90 Å². The minimum Gasteiger partial charge on any atom is -0.380 e. The maximum absolute atomic E-state index is 13.5. The molecule has 0 spiro atoms. The van der Waals surface area contributed by atoms with Crippen molar-refractivity contribution in [2.45, 2.75) is 66.5 Å².